The maximum atomic E-state index is 12.5. The number of hydrogen-bond donors (Lipinski definition) is 0. The summed E-state index contributed by atoms with van der Waals surface area (Å²) in [5, 5.41) is 0.647. The van der Waals surface area contributed by atoms with E-state index in [0.717, 1.165) is 18.7 Å². The second kappa shape index (κ2) is 9.65. The third kappa shape index (κ3) is 4.86. The molecule has 1 heterocycles. The summed E-state index contributed by atoms with van der Waals surface area (Å²) in [5.74, 6) is 1.10. The minimum atomic E-state index is 0.114. The minimum Gasteiger partial charge on any atom is -0.299 e. The van der Waals surface area contributed by atoms with Gasteiger partial charge in [-0.25, -0.2) is 0 Å². The van der Waals surface area contributed by atoms with Crippen LogP contribution in [0.5, 0.6) is 0 Å². The van der Waals surface area contributed by atoms with Crippen LogP contribution in [-0.2, 0) is 5.75 Å². The van der Waals surface area contributed by atoms with Gasteiger partial charge in [0.2, 0.25) is 0 Å². The van der Waals surface area contributed by atoms with Gasteiger partial charge in [-0.1, -0.05) is 60.1 Å². The van der Waals surface area contributed by atoms with Gasteiger partial charge in [-0.05, 0) is 66.1 Å². The average Bonchev–Trinajstić information content (AvgIpc) is 2.91. The molecule has 4 rings (SSSR count). The normalized spacial score (nSPS) is 14.3. The number of thioether (sulfide) groups is 1. The van der Waals surface area contributed by atoms with Gasteiger partial charge in [0, 0.05) is 27.8 Å². The zero-order valence-corrected chi connectivity index (χ0v) is 18.5. The van der Waals surface area contributed by atoms with Crippen LogP contribution in [0.15, 0.2) is 83.8 Å². The number of halogens is 1. The van der Waals surface area contributed by atoms with Crippen LogP contribution < -0.4 is 0 Å². The van der Waals surface area contributed by atoms with Gasteiger partial charge in [-0.15, -0.1) is 11.8 Å². The second-order valence-corrected chi connectivity index (χ2v) is 8.97. The van der Waals surface area contributed by atoms with E-state index in [0.29, 0.717) is 17.1 Å². The van der Waals surface area contributed by atoms with Crippen LogP contribution >= 0.6 is 23.4 Å². The van der Waals surface area contributed by atoms with Crippen molar-refractivity contribution in [1.82, 2.24) is 4.90 Å². The topological polar surface area (TPSA) is 20.3 Å². The summed E-state index contributed by atoms with van der Waals surface area (Å²) in [7, 11) is 2.00. The summed E-state index contributed by atoms with van der Waals surface area (Å²) in [6, 6.07) is 24.4. The molecule has 0 radical (unpaired) electrons. The molecule has 3 aromatic carbocycles. The predicted molar refractivity (Wildman–Crippen MR) is 127 cm³/mol. The third-order valence-electron chi connectivity index (χ3n) is 5.31. The standard InChI is InChI=1S/C26H24ClNOS/c1-28(17-25(29)19-12-14-21(27)15-13-19)16-6-10-23-22-8-3-2-7-20(22)18-30-26-11-5-4-9-24(23)26/h2-5,7-15H,6,16-18H2,1H3. The van der Waals surface area contributed by atoms with E-state index >= 15 is 0 Å². The molecule has 0 bridgehead atoms. The molecule has 0 amide bonds. The lowest BCUT2D eigenvalue weighted by Crippen LogP contribution is -2.26. The first-order chi connectivity index (χ1) is 14.6. The zero-order chi connectivity index (χ0) is 20.9. The number of hydrogen-bond acceptors (Lipinski definition) is 3. The Morgan fingerprint density at radius 1 is 1.00 bits per heavy atom. The molecule has 1 aliphatic rings. The highest BCUT2D eigenvalue weighted by Crippen LogP contribution is 2.40. The first-order valence-corrected chi connectivity index (χ1v) is 11.5. The predicted octanol–water partition coefficient (Wildman–Crippen LogP) is 6.58. The first kappa shape index (κ1) is 20.9. The average molecular weight is 434 g/mol. The smallest absolute Gasteiger partial charge is 0.176 e. The Hall–Kier alpha value is -2.33. The van der Waals surface area contributed by atoms with Crippen molar-refractivity contribution >= 4 is 34.7 Å². The summed E-state index contributed by atoms with van der Waals surface area (Å²) >= 11 is 7.82. The van der Waals surface area contributed by atoms with Crippen LogP contribution in [-0.4, -0.2) is 30.8 Å². The molecule has 2 nitrogen and oxygen atoms in total. The maximum absolute atomic E-state index is 12.5. The molecule has 0 spiro atoms. The van der Waals surface area contributed by atoms with E-state index in [1.807, 2.05) is 18.8 Å². The number of rotatable bonds is 6. The van der Waals surface area contributed by atoms with E-state index in [4.69, 9.17) is 11.6 Å². The Labute approximate surface area is 187 Å². The number of carbonyl (C=O) groups is 1. The van der Waals surface area contributed by atoms with Crippen LogP contribution in [0.25, 0.3) is 5.57 Å². The summed E-state index contributed by atoms with van der Waals surface area (Å²) < 4.78 is 0. The van der Waals surface area contributed by atoms with Crippen molar-refractivity contribution < 1.29 is 4.79 Å². The lowest BCUT2D eigenvalue weighted by Gasteiger charge is -2.16. The summed E-state index contributed by atoms with van der Waals surface area (Å²) in [6.45, 7) is 1.22. The summed E-state index contributed by atoms with van der Waals surface area (Å²) in [5.41, 5.74) is 5.98. The number of carbonyl (C=O) groups excluding carboxylic acids is 1. The third-order valence-corrected chi connectivity index (χ3v) is 6.68. The van der Waals surface area contributed by atoms with Crippen molar-refractivity contribution in [3.8, 4) is 0 Å². The second-order valence-electron chi connectivity index (χ2n) is 7.52. The molecule has 0 atom stereocenters. The molecular weight excluding hydrogens is 410 g/mol. The molecule has 0 fully saturated rings. The molecule has 0 aliphatic carbocycles. The first-order valence-electron chi connectivity index (χ1n) is 10.1. The fourth-order valence-electron chi connectivity index (χ4n) is 3.72. The molecule has 3 aromatic rings. The molecule has 0 saturated carbocycles. The van der Waals surface area contributed by atoms with Crippen molar-refractivity contribution in [2.45, 2.75) is 17.1 Å². The van der Waals surface area contributed by atoms with E-state index in [1.54, 1.807) is 24.3 Å². The van der Waals surface area contributed by atoms with Crippen molar-refractivity contribution in [2.75, 3.05) is 20.1 Å². The van der Waals surface area contributed by atoms with Gasteiger partial charge in [0.1, 0.15) is 0 Å². The highest BCUT2D eigenvalue weighted by atomic mass is 35.5. The van der Waals surface area contributed by atoms with Crippen LogP contribution in [0.2, 0.25) is 5.02 Å². The lowest BCUT2D eigenvalue weighted by molar-refractivity contribution is 0.0947. The van der Waals surface area contributed by atoms with Crippen LogP contribution in [0.4, 0.5) is 0 Å². The van der Waals surface area contributed by atoms with Crippen LogP contribution in [0.3, 0.4) is 0 Å². The molecular formula is C26H24ClNOS. The van der Waals surface area contributed by atoms with Gasteiger partial charge >= 0.3 is 0 Å². The maximum Gasteiger partial charge on any atom is 0.176 e. The van der Waals surface area contributed by atoms with Gasteiger partial charge in [0.05, 0.1) is 6.54 Å². The molecule has 1 aliphatic heterocycles. The monoisotopic (exact) mass is 433 g/mol. The number of likely N-dealkylation sites (N-methyl/N-ethyl adjacent to an activating group) is 1. The quantitative estimate of drug-likeness (QED) is 0.409. The number of Topliss-reactive ketones (excluding diaryl/α,β-unsaturated/α-hetero) is 1. The number of fused-ring (bicyclic) bond motifs is 2. The van der Waals surface area contributed by atoms with Crippen molar-refractivity contribution in [3.05, 3.63) is 106 Å². The lowest BCUT2D eigenvalue weighted by atomic mass is 9.93. The van der Waals surface area contributed by atoms with E-state index in [-0.39, 0.29) is 5.78 Å². The molecule has 0 aromatic heterocycles. The highest BCUT2D eigenvalue weighted by Gasteiger charge is 2.17. The van der Waals surface area contributed by atoms with Crippen molar-refractivity contribution in [3.63, 3.8) is 0 Å². The van der Waals surface area contributed by atoms with E-state index < -0.39 is 0 Å². The van der Waals surface area contributed by atoms with Crippen molar-refractivity contribution in [1.29, 1.82) is 0 Å². The minimum absolute atomic E-state index is 0.114. The SMILES string of the molecule is CN(CCC=C1c2ccccc2CSc2ccccc21)CC(=O)c1ccc(Cl)cc1. The Morgan fingerprint density at radius 2 is 1.70 bits per heavy atom. The van der Waals surface area contributed by atoms with E-state index in [2.05, 4.69) is 59.5 Å². The molecule has 152 valence electrons. The molecule has 0 N–H and O–H groups in total. The molecule has 0 unspecified atom stereocenters. The number of nitrogens with zero attached hydrogens (tertiary/aromatic N) is 1. The number of benzene rings is 3. The van der Waals surface area contributed by atoms with Gasteiger partial charge in [-0.3, -0.25) is 9.69 Å². The number of ketones is 1. The van der Waals surface area contributed by atoms with E-state index in [9.17, 15) is 4.79 Å². The molecule has 0 saturated heterocycles. The summed E-state index contributed by atoms with van der Waals surface area (Å²) in [4.78, 5) is 15.9. The fourth-order valence-corrected chi connectivity index (χ4v) is 4.92. The Bertz CT molecular complexity index is 1020. The Kier molecular flexibility index (Phi) is 6.73. The van der Waals surface area contributed by atoms with Gasteiger partial charge in [-0.2, -0.15) is 0 Å². The largest absolute Gasteiger partial charge is 0.299 e. The van der Waals surface area contributed by atoms with Gasteiger partial charge in [0.15, 0.2) is 5.78 Å². The van der Waals surface area contributed by atoms with Crippen LogP contribution in [0.1, 0.15) is 33.5 Å². The fraction of sp³-hybridized carbons (Fsp3) is 0.192. The van der Waals surface area contributed by atoms with Crippen LogP contribution in [0, 0.1) is 0 Å². The Balaban J connectivity index is 1.48. The molecule has 30 heavy (non-hydrogen) atoms. The van der Waals surface area contributed by atoms with E-state index in [1.165, 1.54) is 27.2 Å². The molecule has 4 heteroatoms. The zero-order valence-electron chi connectivity index (χ0n) is 17.0. The van der Waals surface area contributed by atoms with Crippen molar-refractivity contribution in [2.24, 2.45) is 0 Å². The summed E-state index contributed by atoms with van der Waals surface area (Å²) in [6.07, 6.45) is 3.21. The van der Waals surface area contributed by atoms with Gasteiger partial charge < -0.3 is 0 Å². The Morgan fingerprint density at radius 3 is 2.50 bits per heavy atom. The van der Waals surface area contributed by atoms with Gasteiger partial charge in [0.25, 0.3) is 0 Å². The highest BCUT2D eigenvalue weighted by molar-refractivity contribution is 7.98.